The number of amides is 2. The summed E-state index contributed by atoms with van der Waals surface area (Å²) in [5, 5.41) is 0. The van der Waals surface area contributed by atoms with E-state index in [2.05, 4.69) is 0 Å². The second kappa shape index (κ2) is 7.54. The topological polar surface area (TPSA) is 59.1 Å². The fourth-order valence-electron chi connectivity index (χ4n) is 3.85. The number of para-hydroxylation sites is 1. The number of nitrogens with zero attached hydrogens (tertiary/aromatic N) is 2. The molecule has 6 nitrogen and oxygen atoms in total. The van der Waals surface area contributed by atoms with E-state index in [0.717, 1.165) is 16.9 Å². The van der Waals surface area contributed by atoms with Crippen molar-refractivity contribution in [3.63, 3.8) is 0 Å². The molecule has 0 spiro atoms. The summed E-state index contributed by atoms with van der Waals surface area (Å²) in [7, 11) is 0. The zero-order valence-electron chi connectivity index (χ0n) is 16.2. The number of hydrogen-bond donors (Lipinski definition) is 0. The molecule has 1 unspecified atom stereocenters. The van der Waals surface area contributed by atoms with Crippen molar-refractivity contribution in [3.05, 3.63) is 48.0 Å². The van der Waals surface area contributed by atoms with Crippen molar-refractivity contribution in [1.82, 2.24) is 0 Å². The van der Waals surface area contributed by atoms with Crippen molar-refractivity contribution >= 4 is 23.2 Å². The van der Waals surface area contributed by atoms with Gasteiger partial charge in [-0.2, -0.15) is 0 Å². The average molecular weight is 380 g/mol. The quantitative estimate of drug-likeness (QED) is 0.818. The minimum Gasteiger partial charge on any atom is -0.486 e. The van der Waals surface area contributed by atoms with E-state index < -0.39 is 0 Å². The predicted molar refractivity (Wildman–Crippen MR) is 107 cm³/mol. The molecule has 0 N–H and O–H groups in total. The van der Waals surface area contributed by atoms with Gasteiger partial charge in [0.1, 0.15) is 13.2 Å². The zero-order chi connectivity index (χ0) is 19.7. The summed E-state index contributed by atoms with van der Waals surface area (Å²) < 4.78 is 11.2. The second-order valence-electron chi connectivity index (χ2n) is 7.10. The van der Waals surface area contributed by atoms with Crippen LogP contribution in [0.3, 0.4) is 0 Å². The third-order valence-electron chi connectivity index (χ3n) is 5.30. The van der Waals surface area contributed by atoms with Crippen molar-refractivity contribution in [2.45, 2.75) is 20.3 Å². The first-order chi connectivity index (χ1) is 13.6. The van der Waals surface area contributed by atoms with Crippen LogP contribution in [0.2, 0.25) is 0 Å². The average Bonchev–Trinajstić information content (AvgIpc) is 3.11. The molecule has 4 rings (SSSR count). The Labute approximate surface area is 164 Å². The SMILES string of the molecule is CCN(C(=O)C1CC(=O)N(c2ccc3c(c2)OCCO3)C1)c1ccccc1C. The van der Waals surface area contributed by atoms with Crippen molar-refractivity contribution < 1.29 is 19.1 Å². The molecule has 2 aromatic carbocycles. The van der Waals surface area contributed by atoms with Gasteiger partial charge in [-0.05, 0) is 37.6 Å². The molecule has 2 aliphatic heterocycles. The third kappa shape index (κ3) is 3.30. The summed E-state index contributed by atoms with van der Waals surface area (Å²) in [5.41, 5.74) is 2.69. The predicted octanol–water partition coefficient (Wildman–Crippen LogP) is 3.17. The maximum atomic E-state index is 13.2. The number of aryl methyl sites for hydroxylation is 1. The van der Waals surface area contributed by atoms with Gasteiger partial charge in [0.05, 0.1) is 5.92 Å². The lowest BCUT2D eigenvalue weighted by Crippen LogP contribution is -2.37. The maximum Gasteiger partial charge on any atom is 0.232 e. The van der Waals surface area contributed by atoms with E-state index in [9.17, 15) is 9.59 Å². The van der Waals surface area contributed by atoms with E-state index >= 15 is 0 Å². The van der Waals surface area contributed by atoms with E-state index in [0.29, 0.717) is 37.8 Å². The number of ether oxygens (including phenoxy) is 2. The molecule has 2 heterocycles. The summed E-state index contributed by atoms with van der Waals surface area (Å²) in [4.78, 5) is 29.3. The molecule has 2 amide bonds. The van der Waals surface area contributed by atoms with Gasteiger partial charge in [-0.1, -0.05) is 18.2 Å². The van der Waals surface area contributed by atoms with E-state index in [4.69, 9.17) is 9.47 Å². The lowest BCUT2D eigenvalue weighted by molar-refractivity contribution is -0.124. The first-order valence-electron chi connectivity index (χ1n) is 9.65. The Balaban J connectivity index is 1.54. The molecule has 0 radical (unpaired) electrons. The van der Waals surface area contributed by atoms with Crippen LogP contribution in [-0.2, 0) is 9.59 Å². The summed E-state index contributed by atoms with van der Waals surface area (Å²) >= 11 is 0. The Morgan fingerprint density at radius 1 is 1.14 bits per heavy atom. The first-order valence-corrected chi connectivity index (χ1v) is 9.65. The molecule has 28 heavy (non-hydrogen) atoms. The van der Waals surface area contributed by atoms with Crippen LogP contribution in [0.25, 0.3) is 0 Å². The van der Waals surface area contributed by atoms with Crippen LogP contribution in [0.5, 0.6) is 11.5 Å². The second-order valence-corrected chi connectivity index (χ2v) is 7.10. The van der Waals surface area contributed by atoms with Crippen LogP contribution in [0.1, 0.15) is 18.9 Å². The van der Waals surface area contributed by atoms with Crippen LogP contribution in [0.15, 0.2) is 42.5 Å². The molecule has 0 saturated carbocycles. The Bertz CT molecular complexity index is 911. The van der Waals surface area contributed by atoms with Gasteiger partial charge in [0, 0.05) is 37.0 Å². The van der Waals surface area contributed by atoms with Crippen molar-refractivity contribution in [3.8, 4) is 11.5 Å². The van der Waals surface area contributed by atoms with Crippen LogP contribution in [-0.4, -0.2) is 38.1 Å². The van der Waals surface area contributed by atoms with Crippen molar-refractivity contribution in [1.29, 1.82) is 0 Å². The molecular formula is C22H24N2O4. The summed E-state index contributed by atoms with van der Waals surface area (Å²) in [6.07, 6.45) is 0.218. The van der Waals surface area contributed by atoms with Crippen LogP contribution in [0, 0.1) is 12.8 Å². The summed E-state index contributed by atoms with van der Waals surface area (Å²) in [6.45, 7) is 5.91. The number of fused-ring (bicyclic) bond motifs is 1. The molecule has 0 bridgehead atoms. The van der Waals surface area contributed by atoms with Gasteiger partial charge < -0.3 is 19.3 Å². The highest BCUT2D eigenvalue weighted by Crippen LogP contribution is 2.36. The van der Waals surface area contributed by atoms with E-state index in [1.165, 1.54) is 0 Å². The molecule has 2 aromatic rings. The Morgan fingerprint density at radius 3 is 2.64 bits per heavy atom. The normalized spacial score (nSPS) is 18.3. The molecule has 0 aliphatic carbocycles. The van der Waals surface area contributed by atoms with Crippen molar-refractivity contribution in [2.75, 3.05) is 36.1 Å². The molecular weight excluding hydrogens is 356 g/mol. The minimum absolute atomic E-state index is 0.00908. The Hall–Kier alpha value is -3.02. The van der Waals surface area contributed by atoms with Crippen LogP contribution in [0.4, 0.5) is 11.4 Å². The standard InChI is InChI=1S/C22H24N2O4/c1-3-23(18-7-5-4-6-15(18)2)22(26)16-12-21(25)24(14-16)17-8-9-19-20(13-17)28-11-10-27-19/h4-9,13,16H,3,10-12,14H2,1-2H3. The highest BCUT2D eigenvalue weighted by Gasteiger charge is 2.37. The smallest absolute Gasteiger partial charge is 0.232 e. The highest BCUT2D eigenvalue weighted by atomic mass is 16.6. The number of hydrogen-bond acceptors (Lipinski definition) is 4. The van der Waals surface area contributed by atoms with Crippen LogP contribution < -0.4 is 19.3 Å². The number of benzene rings is 2. The van der Waals surface area contributed by atoms with Gasteiger partial charge in [-0.25, -0.2) is 0 Å². The molecule has 1 saturated heterocycles. The molecule has 1 atom stereocenters. The van der Waals surface area contributed by atoms with E-state index in [1.54, 1.807) is 9.80 Å². The maximum absolute atomic E-state index is 13.2. The first kappa shape index (κ1) is 18.3. The molecule has 146 valence electrons. The zero-order valence-corrected chi connectivity index (χ0v) is 16.2. The third-order valence-corrected chi connectivity index (χ3v) is 5.30. The Kier molecular flexibility index (Phi) is 4.94. The molecule has 1 fully saturated rings. The monoisotopic (exact) mass is 380 g/mol. The molecule has 0 aromatic heterocycles. The van der Waals surface area contributed by atoms with Crippen LogP contribution >= 0.6 is 0 Å². The molecule has 2 aliphatic rings. The summed E-state index contributed by atoms with van der Waals surface area (Å²) in [5.74, 6) is 0.911. The van der Waals surface area contributed by atoms with Gasteiger partial charge >= 0.3 is 0 Å². The number of carbonyl (C=O) groups excluding carboxylic acids is 2. The van der Waals surface area contributed by atoms with E-state index in [-0.39, 0.29) is 24.2 Å². The fourth-order valence-corrected chi connectivity index (χ4v) is 3.85. The van der Waals surface area contributed by atoms with Gasteiger partial charge in [0.2, 0.25) is 11.8 Å². The van der Waals surface area contributed by atoms with Crippen molar-refractivity contribution in [2.24, 2.45) is 5.92 Å². The minimum atomic E-state index is -0.361. The number of anilines is 2. The van der Waals surface area contributed by atoms with Gasteiger partial charge in [-0.15, -0.1) is 0 Å². The Morgan fingerprint density at radius 2 is 1.89 bits per heavy atom. The highest BCUT2D eigenvalue weighted by molar-refractivity contribution is 6.04. The van der Waals surface area contributed by atoms with Gasteiger partial charge in [0.25, 0.3) is 0 Å². The van der Waals surface area contributed by atoms with E-state index in [1.807, 2.05) is 56.3 Å². The largest absolute Gasteiger partial charge is 0.486 e. The lowest BCUT2D eigenvalue weighted by atomic mass is 10.1. The number of rotatable bonds is 4. The fraction of sp³-hybridized carbons (Fsp3) is 0.364. The lowest BCUT2D eigenvalue weighted by Gasteiger charge is -2.26. The van der Waals surface area contributed by atoms with Gasteiger partial charge in [-0.3, -0.25) is 9.59 Å². The summed E-state index contributed by atoms with van der Waals surface area (Å²) in [6, 6.07) is 13.3. The number of carbonyl (C=O) groups is 2. The van der Waals surface area contributed by atoms with Gasteiger partial charge in [0.15, 0.2) is 11.5 Å². The molecule has 6 heteroatoms.